The van der Waals surface area contributed by atoms with Gasteiger partial charge in [0.05, 0.1) is 41.2 Å². The first kappa shape index (κ1) is 24.9. The molecular formula is C31H35N9. The lowest BCUT2D eigenvalue weighted by Gasteiger charge is -2.42. The van der Waals surface area contributed by atoms with Crippen molar-refractivity contribution in [3.8, 4) is 11.4 Å². The van der Waals surface area contributed by atoms with Crippen molar-refractivity contribution in [2.24, 2.45) is 16.1 Å². The second-order valence-corrected chi connectivity index (χ2v) is 11.3. The van der Waals surface area contributed by atoms with Gasteiger partial charge in [-0.05, 0) is 66.8 Å². The molecule has 1 aliphatic carbocycles. The molecule has 3 aromatic heterocycles. The van der Waals surface area contributed by atoms with Gasteiger partial charge in [0.25, 0.3) is 0 Å². The number of rotatable bonds is 2. The van der Waals surface area contributed by atoms with E-state index in [1.54, 1.807) is 6.20 Å². The molecule has 4 aliphatic rings. The number of hydrogen-bond donors (Lipinski definition) is 2. The number of aromatic amines is 1. The summed E-state index contributed by atoms with van der Waals surface area (Å²) in [4.78, 5) is 24.5. The molecule has 1 aromatic carbocycles. The van der Waals surface area contributed by atoms with Gasteiger partial charge in [-0.2, -0.15) is 5.10 Å². The molecule has 8 rings (SSSR count). The van der Waals surface area contributed by atoms with Gasteiger partial charge < -0.3 is 15.5 Å². The van der Waals surface area contributed by atoms with Crippen molar-refractivity contribution in [1.29, 1.82) is 0 Å². The average molecular weight is 534 g/mol. The summed E-state index contributed by atoms with van der Waals surface area (Å²) in [5, 5.41) is 7.08. The van der Waals surface area contributed by atoms with Crippen LogP contribution in [0.1, 0.15) is 60.9 Å². The SMILES string of the molecule is C.N[C@@H]1c2ccccc2CC12CCN(c1cnc3c(n1)CN=C3N1CCCc3nc(-c4ccn[nH]4)ccc31)CC2. The van der Waals surface area contributed by atoms with Gasteiger partial charge >= 0.3 is 0 Å². The summed E-state index contributed by atoms with van der Waals surface area (Å²) >= 11 is 0. The molecule has 0 amide bonds. The van der Waals surface area contributed by atoms with Crippen LogP contribution in [0.15, 0.2) is 59.9 Å². The summed E-state index contributed by atoms with van der Waals surface area (Å²) < 4.78 is 0. The van der Waals surface area contributed by atoms with E-state index < -0.39 is 0 Å². The monoisotopic (exact) mass is 533 g/mol. The average Bonchev–Trinajstić information content (AvgIpc) is 3.72. The molecule has 1 fully saturated rings. The van der Waals surface area contributed by atoms with Crippen LogP contribution < -0.4 is 15.5 Å². The van der Waals surface area contributed by atoms with Crippen molar-refractivity contribution >= 4 is 17.3 Å². The molecule has 1 atom stereocenters. The third-order valence-corrected chi connectivity index (χ3v) is 9.17. The fourth-order valence-corrected chi connectivity index (χ4v) is 7.01. The number of amidine groups is 1. The van der Waals surface area contributed by atoms with Crippen LogP contribution in [0.25, 0.3) is 11.4 Å². The number of nitrogens with two attached hydrogens (primary N) is 1. The summed E-state index contributed by atoms with van der Waals surface area (Å²) in [7, 11) is 0. The number of aromatic nitrogens is 5. The predicted octanol–water partition coefficient (Wildman–Crippen LogP) is 4.45. The molecule has 9 heteroatoms. The second kappa shape index (κ2) is 9.52. The van der Waals surface area contributed by atoms with Crippen LogP contribution in [-0.2, 0) is 19.4 Å². The number of pyridine rings is 1. The third kappa shape index (κ3) is 3.83. The zero-order valence-corrected chi connectivity index (χ0v) is 21.8. The Hall–Kier alpha value is -4.11. The van der Waals surface area contributed by atoms with E-state index in [0.717, 1.165) is 97.5 Å². The van der Waals surface area contributed by atoms with E-state index in [0.29, 0.717) is 6.54 Å². The van der Waals surface area contributed by atoms with Crippen LogP contribution in [0, 0.1) is 5.41 Å². The minimum absolute atomic E-state index is 0. The molecule has 40 heavy (non-hydrogen) atoms. The molecule has 9 nitrogen and oxygen atoms in total. The lowest BCUT2D eigenvalue weighted by Crippen LogP contribution is -2.44. The van der Waals surface area contributed by atoms with Gasteiger partial charge in [0, 0.05) is 31.9 Å². The fourth-order valence-electron chi connectivity index (χ4n) is 7.01. The minimum atomic E-state index is 0. The molecule has 204 valence electrons. The van der Waals surface area contributed by atoms with E-state index in [1.165, 1.54) is 11.1 Å². The highest BCUT2D eigenvalue weighted by atomic mass is 15.3. The Balaban J connectivity index is 0.00000264. The van der Waals surface area contributed by atoms with Crippen LogP contribution in [0.2, 0.25) is 0 Å². The first-order chi connectivity index (χ1) is 19.2. The number of aliphatic imine (C=N–C) groups is 1. The number of fused-ring (bicyclic) bond motifs is 3. The van der Waals surface area contributed by atoms with E-state index in [9.17, 15) is 0 Å². The molecule has 1 spiro atoms. The highest BCUT2D eigenvalue weighted by molar-refractivity contribution is 6.11. The van der Waals surface area contributed by atoms with Gasteiger partial charge in [0.2, 0.25) is 0 Å². The van der Waals surface area contributed by atoms with Crippen molar-refractivity contribution in [2.75, 3.05) is 29.4 Å². The maximum Gasteiger partial charge on any atom is 0.156 e. The van der Waals surface area contributed by atoms with Crippen LogP contribution in [0.5, 0.6) is 0 Å². The molecular weight excluding hydrogens is 498 g/mol. The molecule has 1 saturated heterocycles. The van der Waals surface area contributed by atoms with Gasteiger partial charge in [-0.1, -0.05) is 31.7 Å². The van der Waals surface area contributed by atoms with E-state index in [2.05, 4.69) is 50.3 Å². The highest BCUT2D eigenvalue weighted by Gasteiger charge is 2.46. The standard InChI is InChI=1S/C30H31N9.CH4/c31-28-20-5-2-1-4-19(20)16-30(28)10-14-38(15-11-30)26-18-32-27-24(36-26)17-33-29(27)39-13-3-6-23-25(39)8-7-21(35-23)22-9-12-34-37-22;/h1-2,4-5,7-9,12,18,28H,3,6,10-11,13-17,31H2,(H,34,37);1H4/t28-;/m1./s1. The molecule has 4 aromatic rings. The van der Waals surface area contributed by atoms with Gasteiger partial charge in [-0.25, -0.2) is 15.0 Å². The Morgan fingerprint density at radius 2 is 1.85 bits per heavy atom. The Morgan fingerprint density at radius 3 is 2.67 bits per heavy atom. The number of nitrogens with one attached hydrogen (secondary N) is 1. The smallest absolute Gasteiger partial charge is 0.156 e. The number of nitrogens with zero attached hydrogens (tertiary/aromatic N) is 7. The summed E-state index contributed by atoms with van der Waals surface area (Å²) in [6.45, 7) is 3.37. The number of benzene rings is 1. The number of anilines is 2. The van der Waals surface area contributed by atoms with E-state index in [4.69, 9.17) is 25.7 Å². The maximum atomic E-state index is 6.79. The molecule has 3 N–H and O–H groups in total. The van der Waals surface area contributed by atoms with Crippen LogP contribution in [-0.4, -0.2) is 50.6 Å². The molecule has 0 unspecified atom stereocenters. The predicted molar refractivity (Wildman–Crippen MR) is 157 cm³/mol. The fraction of sp³-hybridized carbons (Fsp3) is 0.387. The third-order valence-electron chi connectivity index (χ3n) is 9.17. The van der Waals surface area contributed by atoms with Gasteiger partial charge in [0.15, 0.2) is 5.84 Å². The summed E-state index contributed by atoms with van der Waals surface area (Å²) in [5.41, 5.74) is 15.6. The number of hydrogen-bond acceptors (Lipinski definition) is 8. The Kier molecular flexibility index (Phi) is 5.92. The van der Waals surface area contributed by atoms with Gasteiger partial charge in [-0.15, -0.1) is 0 Å². The Morgan fingerprint density at radius 1 is 0.975 bits per heavy atom. The van der Waals surface area contributed by atoms with Crippen LogP contribution in [0.4, 0.5) is 11.5 Å². The summed E-state index contributed by atoms with van der Waals surface area (Å²) in [5.74, 6) is 1.86. The summed E-state index contributed by atoms with van der Waals surface area (Å²) in [6.07, 6.45) is 8.89. The second-order valence-electron chi connectivity index (χ2n) is 11.3. The van der Waals surface area contributed by atoms with Crippen molar-refractivity contribution in [3.63, 3.8) is 0 Å². The maximum absolute atomic E-state index is 6.79. The lowest BCUT2D eigenvalue weighted by molar-refractivity contribution is 0.187. The van der Waals surface area contributed by atoms with Crippen molar-refractivity contribution in [1.82, 2.24) is 25.1 Å². The molecule has 0 radical (unpaired) electrons. The number of piperidine rings is 1. The van der Waals surface area contributed by atoms with Gasteiger partial charge in [0.1, 0.15) is 11.5 Å². The first-order valence-electron chi connectivity index (χ1n) is 13.9. The van der Waals surface area contributed by atoms with Crippen molar-refractivity contribution in [2.45, 2.75) is 52.1 Å². The zero-order valence-electron chi connectivity index (χ0n) is 21.8. The molecule has 0 saturated carbocycles. The Labute approximate surface area is 234 Å². The number of H-pyrrole nitrogens is 1. The zero-order chi connectivity index (χ0) is 26.0. The van der Waals surface area contributed by atoms with Crippen LogP contribution in [0.3, 0.4) is 0 Å². The largest absolute Gasteiger partial charge is 0.355 e. The molecule has 0 bridgehead atoms. The van der Waals surface area contributed by atoms with E-state index >= 15 is 0 Å². The van der Waals surface area contributed by atoms with E-state index in [1.807, 2.05) is 18.3 Å². The topological polar surface area (TPSA) is 112 Å². The lowest BCUT2D eigenvalue weighted by atomic mass is 9.73. The van der Waals surface area contributed by atoms with Gasteiger partial charge in [-0.3, -0.25) is 10.1 Å². The number of aryl methyl sites for hydroxylation is 1. The first-order valence-corrected chi connectivity index (χ1v) is 13.9. The molecule has 3 aliphatic heterocycles. The Bertz CT molecular complexity index is 1580. The van der Waals surface area contributed by atoms with Crippen molar-refractivity contribution in [3.05, 3.63) is 83.1 Å². The normalized spacial score (nSPS) is 20.5. The quantitative estimate of drug-likeness (QED) is 0.391. The minimum Gasteiger partial charge on any atom is -0.355 e. The molecule has 6 heterocycles. The summed E-state index contributed by atoms with van der Waals surface area (Å²) in [6, 6.07) is 15.0. The van der Waals surface area contributed by atoms with E-state index in [-0.39, 0.29) is 18.9 Å². The van der Waals surface area contributed by atoms with Crippen molar-refractivity contribution < 1.29 is 0 Å². The van der Waals surface area contributed by atoms with Crippen LogP contribution >= 0.6 is 0 Å². The highest BCUT2D eigenvalue weighted by Crippen LogP contribution is 2.51.